The van der Waals surface area contributed by atoms with E-state index in [-0.39, 0.29) is 29.6 Å². The summed E-state index contributed by atoms with van der Waals surface area (Å²) in [5.41, 5.74) is 0. The molecule has 0 heterocycles. The van der Waals surface area contributed by atoms with Gasteiger partial charge in [-0.1, -0.05) is 39.0 Å². The van der Waals surface area contributed by atoms with Gasteiger partial charge in [0.1, 0.15) is 0 Å². The number of unbranched alkanes of at least 4 members (excludes halogenated alkanes) is 5. The number of aliphatic hydroxyl groups excluding tert-OH is 1. The fourth-order valence-electron chi connectivity index (χ4n) is 0.892. The first kappa shape index (κ1) is 21.4. The molecule has 4 N–H and O–H groups in total. The molecule has 0 amide bonds. The van der Waals surface area contributed by atoms with Gasteiger partial charge in [-0.3, -0.25) is 0 Å². The molecule has 0 rings (SSSR count). The monoisotopic (exact) mass is 252 g/mol. The van der Waals surface area contributed by atoms with Gasteiger partial charge in [-0.15, -0.1) is 0 Å². The summed E-state index contributed by atoms with van der Waals surface area (Å²) in [7, 11) is -4.64. The zero-order valence-corrected chi connectivity index (χ0v) is 9.49. The summed E-state index contributed by atoms with van der Waals surface area (Å²) in [5, 5.41) is 8.42. The van der Waals surface area contributed by atoms with E-state index in [4.69, 9.17) is 24.4 Å². The summed E-state index contributed by atoms with van der Waals surface area (Å²) in [4.78, 5) is 21.6. The first-order valence-electron chi connectivity index (χ1n) is 4.81. The van der Waals surface area contributed by atoms with Gasteiger partial charge in [-0.2, -0.15) is 0 Å². The minimum absolute atomic E-state index is 0. The molecule has 0 radical (unpaired) electrons. The van der Waals surface area contributed by atoms with Gasteiger partial charge in [0.15, 0.2) is 0 Å². The van der Waals surface area contributed by atoms with Crippen molar-refractivity contribution in [2.75, 3.05) is 6.61 Å². The molecule has 0 saturated heterocycles. The average Bonchev–Trinajstić information content (AvgIpc) is 2.01. The van der Waals surface area contributed by atoms with E-state index >= 15 is 0 Å². The molecule has 0 aliphatic carbocycles. The number of rotatable bonds is 6. The number of hydrogen-bond donors (Lipinski definition) is 4. The molecule has 0 saturated carbocycles. The maximum atomic E-state index is 8.88. The molecule has 0 aromatic carbocycles. The van der Waals surface area contributed by atoms with Crippen molar-refractivity contribution < 1.29 is 24.4 Å². The first-order chi connectivity index (χ1) is 6.41. The Labute approximate surface area is 113 Å². The zero-order chi connectivity index (χ0) is 11.4. The second-order valence-corrected chi connectivity index (χ2v) is 4.03. The van der Waals surface area contributed by atoms with Crippen LogP contribution >= 0.6 is 7.82 Å². The van der Waals surface area contributed by atoms with E-state index in [1.807, 2.05) is 0 Å². The summed E-state index contributed by atoms with van der Waals surface area (Å²) in [5.74, 6) is 0. The normalized spacial score (nSPS) is 9.93. The van der Waals surface area contributed by atoms with Gasteiger partial charge < -0.3 is 19.8 Å². The third-order valence-electron chi connectivity index (χ3n) is 1.51. The average molecular weight is 252 g/mol. The van der Waals surface area contributed by atoms with Crippen molar-refractivity contribution in [3.8, 4) is 0 Å². The van der Waals surface area contributed by atoms with Crippen LogP contribution in [0.2, 0.25) is 0 Å². The quantitative estimate of drug-likeness (QED) is 0.318. The number of phosphoric acid groups is 1. The van der Waals surface area contributed by atoms with Crippen molar-refractivity contribution in [3.63, 3.8) is 0 Å². The molecule has 0 aliphatic rings. The van der Waals surface area contributed by atoms with Gasteiger partial charge in [0, 0.05) is 6.61 Å². The SMILES string of the molecule is CCCCCCCCO.O=P(O)(O)O.[NaH]. The summed E-state index contributed by atoms with van der Waals surface area (Å²) in [6.45, 7) is 2.58. The topological polar surface area (TPSA) is 98.0 Å². The fourth-order valence-corrected chi connectivity index (χ4v) is 0.892. The van der Waals surface area contributed by atoms with Gasteiger partial charge >= 0.3 is 37.4 Å². The Bertz CT molecular complexity index is 136. The van der Waals surface area contributed by atoms with Crippen molar-refractivity contribution >= 4 is 37.4 Å². The van der Waals surface area contributed by atoms with Crippen LogP contribution in [-0.4, -0.2) is 56.0 Å². The standard InChI is InChI=1S/C8H18O.Na.H3O4P.H/c1-2-3-4-5-6-7-8-9;;1-5(2,3)4;/h9H,2-8H2,1H3;;(H3,1,2,3,4);. The predicted molar refractivity (Wildman–Crippen MR) is 61.9 cm³/mol. The molecule has 0 bridgehead atoms. The van der Waals surface area contributed by atoms with Crippen LogP contribution in [0.25, 0.3) is 0 Å². The van der Waals surface area contributed by atoms with Crippen LogP contribution in [0.1, 0.15) is 45.4 Å². The van der Waals surface area contributed by atoms with E-state index in [1.54, 1.807) is 0 Å². The van der Waals surface area contributed by atoms with E-state index in [2.05, 4.69) is 6.92 Å². The fraction of sp³-hybridized carbons (Fsp3) is 1.00. The Morgan fingerprint density at radius 2 is 1.27 bits per heavy atom. The van der Waals surface area contributed by atoms with Crippen molar-refractivity contribution in [3.05, 3.63) is 0 Å². The van der Waals surface area contributed by atoms with Gasteiger partial charge in [-0.25, -0.2) is 4.57 Å². The molecule has 0 aliphatic heterocycles. The summed E-state index contributed by atoms with van der Waals surface area (Å²) in [6.07, 6.45) is 7.50. The van der Waals surface area contributed by atoms with Crippen LogP contribution in [0.3, 0.4) is 0 Å². The van der Waals surface area contributed by atoms with Crippen LogP contribution in [0.15, 0.2) is 0 Å². The third kappa shape index (κ3) is 51.5. The molecule has 0 unspecified atom stereocenters. The first-order valence-corrected chi connectivity index (χ1v) is 6.37. The number of aliphatic hydroxyl groups is 1. The van der Waals surface area contributed by atoms with Gasteiger partial charge in [-0.05, 0) is 6.42 Å². The molecule has 0 fully saturated rings. The Hall–Kier alpha value is 1.07. The molecule has 0 spiro atoms. The second-order valence-electron chi connectivity index (χ2n) is 3.00. The van der Waals surface area contributed by atoms with Crippen LogP contribution in [-0.2, 0) is 4.57 Å². The maximum absolute atomic E-state index is 8.88. The van der Waals surface area contributed by atoms with Crippen molar-refractivity contribution in [2.45, 2.75) is 45.4 Å². The summed E-state index contributed by atoms with van der Waals surface area (Å²) >= 11 is 0. The van der Waals surface area contributed by atoms with E-state index in [1.165, 1.54) is 32.1 Å². The molecular weight excluding hydrogens is 230 g/mol. The Morgan fingerprint density at radius 3 is 1.60 bits per heavy atom. The van der Waals surface area contributed by atoms with Crippen molar-refractivity contribution in [1.82, 2.24) is 0 Å². The second kappa shape index (κ2) is 15.1. The van der Waals surface area contributed by atoms with Crippen molar-refractivity contribution in [2.24, 2.45) is 0 Å². The van der Waals surface area contributed by atoms with E-state index in [9.17, 15) is 0 Å². The molecule has 0 aromatic heterocycles. The Balaban J connectivity index is -0.000000208. The number of hydrogen-bond acceptors (Lipinski definition) is 2. The van der Waals surface area contributed by atoms with Gasteiger partial charge in [0.2, 0.25) is 0 Å². The molecule has 0 aromatic rings. The van der Waals surface area contributed by atoms with Gasteiger partial charge in [0.25, 0.3) is 0 Å². The summed E-state index contributed by atoms with van der Waals surface area (Å²) in [6, 6.07) is 0. The Morgan fingerprint density at radius 1 is 0.933 bits per heavy atom. The summed E-state index contributed by atoms with van der Waals surface area (Å²) < 4.78 is 8.88. The third-order valence-corrected chi connectivity index (χ3v) is 1.51. The molecule has 15 heavy (non-hydrogen) atoms. The van der Waals surface area contributed by atoms with Gasteiger partial charge in [0.05, 0.1) is 0 Å². The van der Waals surface area contributed by atoms with Crippen molar-refractivity contribution in [1.29, 1.82) is 0 Å². The predicted octanol–water partition coefficient (Wildman–Crippen LogP) is 0.762. The molecule has 5 nitrogen and oxygen atoms in total. The molecular formula is C8H22NaO5P. The molecule has 0 atom stereocenters. The molecule has 7 heteroatoms. The minimum atomic E-state index is -4.64. The Kier molecular flexibility index (Phi) is 21.5. The van der Waals surface area contributed by atoms with Crippen LogP contribution in [0.4, 0.5) is 0 Å². The van der Waals surface area contributed by atoms with Crippen LogP contribution in [0.5, 0.6) is 0 Å². The molecule has 90 valence electrons. The van der Waals surface area contributed by atoms with E-state index in [0.29, 0.717) is 6.61 Å². The van der Waals surface area contributed by atoms with E-state index in [0.717, 1.165) is 6.42 Å². The zero-order valence-electron chi connectivity index (χ0n) is 8.59. The van der Waals surface area contributed by atoms with E-state index < -0.39 is 7.82 Å². The van der Waals surface area contributed by atoms with Crippen LogP contribution in [0, 0.1) is 0 Å². The van der Waals surface area contributed by atoms with Crippen LogP contribution < -0.4 is 0 Å².